The summed E-state index contributed by atoms with van der Waals surface area (Å²) in [6.07, 6.45) is 0.762. The third-order valence-electron chi connectivity index (χ3n) is 2.82. The van der Waals surface area contributed by atoms with Crippen LogP contribution in [-0.2, 0) is 6.42 Å². The maximum Gasteiger partial charge on any atom is 0.145 e. The largest absolute Gasteiger partial charge is 0.382 e. The standard InChI is InChI=1S/C12H19N5/c1-4-17(5-2)7-6-11-15-9(3)10(8-13)12(14)16-11/h4-7H2,1-3H3,(H2,14,15,16). The van der Waals surface area contributed by atoms with Crippen LogP contribution in [0.2, 0.25) is 0 Å². The molecule has 92 valence electrons. The highest BCUT2D eigenvalue weighted by Gasteiger charge is 2.09. The molecule has 0 aromatic carbocycles. The van der Waals surface area contributed by atoms with Crippen molar-refractivity contribution in [3.05, 3.63) is 17.1 Å². The molecule has 1 aromatic heterocycles. The quantitative estimate of drug-likeness (QED) is 0.824. The first kappa shape index (κ1) is 13.4. The van der Waals surface area contributed by atoms with Crippen molar-refractivity contribution in [2.45, 2.75) is 27.2 Å². The molecule has 0 atom stereocenters. The van der Waals surface area contributed by atoms with Gasteiger partial charge in [0.05, 0.1) is 5.69 Å². The Bertz CT molecular complexity index is 394. The van der Waals surface area contributed by atoms with Crippen LogP contribution in [-0.4, -0.2) is 34.5 Å². The minimum absolute atomic E-state index is 0.287. The molecule has 0 saturated carbocycles. The Balaban J connectivity index is 2.77. The van der Waals surface area contributed by atoms with Crippen LogP contribution in [0.5, 0.6) is 0 Å². The van der Waals surface area contributed by atoms with Gasteiger partial charge in [0.25, 0.3) is 0 Å². The Labute approximate surface area is 102 Å². The summed E-state index contributed by atoms with van der Waals surface area (Å²) in [6.45, 7) is 8.99. The molecule has 0 unspecified atom stereocenters. The summed E-state index contributed by atoms with van der Waals surface area (Å²) < 4.78 is 0. The summed E-state index contributed by atoms with van der Waals surface area (Å²) in [6, 6.07) is 2.02. The van der Waals surface area contributed by atoms with Gasteiger partial charge in [0.1, 0.15) is 23.3 Å². The van der Waals surface area contributed by atoms with E-state index in [1.54, 1.807) is 6.92 Å². The van der Waals surface area contributed by atoms with E-state index in [0.29, 0.717) is 17.1 Å². The van der Waals surface area contributed by atoms with Crippen LogP contribution >= 0.6 is 0 Å². The summed E-state index contributed by atoms with van der Waals surface area (Å²) in [5, 5.41) is 8.87. The van der Waals surface area contributed by atoms with E-state index in [0.717, 1.165) is 26.1 Å². The van der Waals surface area contributed by atoms with Gasteiger partial charge in [-0.1, -0.05) is 13.8 Å². The third-order valence-corrected chi connectivity index (χ3v) is 2.82. The molecule has 5 heteroatoms. The van der Waals surface area contributed by atoms with Crippen LogP contribution in [0.1, 0.15) is 30.9 Å². The minimum atomic E-state index is 0.287. The van der Waals surface area contributed by atoms with Gasteiger partial charge in [-0.2, -0.15) is 5.26 Å². The smallest absolute Gasteiger partial charge is 0.145 e. The number of rotatable bonds is 5. The topological polar surface area (TPSA) is 78.8 Å². The lowest BCUT2D eigenvalue weighted by Gasteiger charge is -2.17. The molecule has 2 N–H and O–H groups in total. The molecule has 0 aliphatic rings. The van der Waals surface area contributed by atoms with Crippen molar-refractivity contribution >= 4 is 5.82 Å². The first-order valence-electron chi connectivity index (χ1n) is 5.87. The Morgan fingerprint density at radius 3 is 2.41 bits per heavy atom. The van der Waals surface area contributed by atoms with E-state index in [1.807, 2.05) is 6.07 Å². The van der Waals surface area contributed by atoms with E-state index in [9.17, 15) is 0 Å². The summed E-state index contributed by atoms with van der Waals surface area (Å²) in [5.74, 6) is 1.00. The number of hydrogen-bond acceptors (Lipinski definition) is 5. The van der Waals surface area contributed by atoms with Gasteiger partial charge < -0.3 is 10.6 Å². The van der Waals surface area contributed by atoms with Crippen molar-refractivity contribution in [3.63, 3.8) is 0 Å². The average molecular weight is 233 g/mol. The SMILES string of the molecule is CCN(CC)CCc1nc(C)c(C#N)c(N)n1. The van der Waals surface area contributed by atoms with E-state index >= 15 is 0 Å². The highest BCUT2D eigenvalue weighted by Crippen LogP contribution is 2.11. The highest BCUT2D eigenvalue weighted by atomic mass is 15.1. The maximum absolute atomic E-state index is 8.87. The van der Waals surface area contributed by atoms with E-state index in [4.69, 9.17) is 11.0 Å². The fourth-order valence-corrected chi connectivity index (χ4v) is 1.70. The number of anilines is 1. The van der Waals surface area contributed by atoms with Crippen molar-refractivity contribution in [1.82, 2.24) is 14.9 Å². The molecule has 0 bridgehead atoms. The zero-order valence-corrected chi connectivity index (χ0v) is 10.7. The predicted octanol–water partition coefficient (Wildman–Crippen LogP) is 1.12. The van der Waals surface area contributed by atoms with Crippen molar-refractivity contribution < 1.29 is 0 Å². The van der Waals surface area contributed by atoms with Crippen LogP contribution in [0.3, 0.4) is 0 Å². The summed E-state index contributed by atoms with van der Waals surface area (Å²) in [7, 11) is 0. The molecule has 0 saturated heterocycles. The predicted molar refractivity (Wildman–Crippen MR) is 67.4 cm³/mol. The van der Waals surface area contributed by atoms with E-state index < -0.39 is 0 Å². The lowest BCUT2D eigenvalue weighted by molar-refractivity contribution is 0.305. The molecule has 0 aliphatic carbocycles. The van der Waals surface area contributed by atoms with Crippen molar-refractivity contribution in [2.24, 2.45) is 0 Å². The van der Waals surface area contributed by atoms with Crippen molar-refractivity contribution in [2.75, 3.05) is 25.4 Å². The van der Waals surface area contributed by atoms with Gasteiger partial charge in [-0.3, -0.25) is 0 Å². The van der Waals surface area contributed by atoms with E-state index in [-0.39, 0.29) is 5.82 Å². The van der Waals surface area contributed by atoms with Gasteiger partial charge in [0, 0.05) is 13.0 Å². The van der Waals surface area contributed by atoms with Gasteiger partial charge in [-0.25, -0.2) is 9.97 Å². The Hall–Kier alpha value is -1.67. The summed E-state index contributed by atoms with van der Waals surface area (Å²) >= 11 is 0. The van der Waals surface area contributed by atoms with Gasteiger partial charge >= 0.3 is 0 Å². The van der Waals surface area contributed by atoms with Crippen molar-refractivity contribution in [3.8, 4) is 6.07 Å². The molecular formula is C12H19N5. The van der Waals surface area contributed by atoms with Crippen LogP contribution < -0.4 is 5.73 Å². The number of aryl methyl sites for hydroxylation is 1. The normalized spacial score (nSPS) is 10.5. The van der Waals surface area contributed by atoms with Crippen LogP contribution in [0.4, 0.5) is 5.82 Å². The van der Waals surface area contributed by atoms with Crippen LogP contribution in [0, 0.1) is 18.3 Å². The number of aromatic nitrogens is 2. The monoisotopic (exact) mass is 233 g/mol. The number of nitrogen functional groups attached to an aromatic ring is 1. The molecule has 1 aromatic rings. The first-order chi connectivity index (χ1) is 8.12. The molecule has 0 fully saturated rings. The van der Waals surface area contributed by atoms with Gasteiger partial charge in [-0.15, -0.1) is 0 Å². The molecule has 5 nitrogen and oxygen atoms in total. The third kappa shape index (κ3) is 3.40. The fraction of sp³-hybridized carbons (Fsp3) is 0.583. The second-order valence-electron chi connectivity index (χ2n) is 3.87. The summed E-state index contributed by atoms with van der Waals surface area (Å²) in [5.41, 5.74) is 6.76. The fourth-order valence-electron chi connectivity index (χ4n) is 1.70. The Morgan fingerprint density at radius 1 is 1.29 bits per heavy atom. The number of nitrogens with zero attached hydrogens (tertiary/aromatic N) is 4. The molecule has 0 spiro atoms. The van der Waals surface area contributed by atoms with E-state index in [1.165, 1.54) is 0 Å². The zero-order valence-electron chi connectivity index (χ0n) is 10.7. The number of hydrogen-bond donors (Lipinski definition) is 1. The minimum Gasteiger partial charge on any atom is -0.382 e. The Morgan fingerprint density at radius 2 is 1.94 bits per heavy atom. The molecule has 17 heavy (non-hydrogen) atoms. The molecular weight excluding hydrogens is 214 g/mol. The lowest BCUT2D eigenvalue weighted by atomic mass is 10.2. The average Bonchev–Trinajstić information content (AvgIpc) is 2.30. The van der Waals surface area contributed by atoms with Crippen molar-refractivity contribution in [1.29, 1.82) is 5.26 Å². The number of nitrogens with two attached hydrogens (primary N) is 1. The highest BCUT2D eigenvalue weighted by molar-refractivity contribution is 5.50. The molecule has 0 aliphatic heterocycles. The van der Waals surface area contributed by atoms with Crippen LogP contribution in [0.15, 0.2) is 0 Å². The van der Waals surface area contributed by atoms with Crippen LogP contribution in [0.25, 0.3) is 0 Å². The summed E-state index contributed by atoms with van der Waals surface area (Å²) in [4.78, 5) is 10.8. The number of likely N-dealkylation sites (N-methyl/N-ethyl adjacent to an activating group) is 1. The Kier molecular flexibility index (Phi) is 4.85. The molecule has 0 radical (unpaired) electrons. The van der Waals surface area contributed by atoms with Gasteiger partial charge in [0.2, 0.25) is 0 Å². The van der Waals surface area contributed by atoms with Gasteiger partial charge in [-0.05, 0) is 20.0 Å². The molecule has 0 amide bonds. The zero-order chi connectivity index (χ0) is 12.8. The molecule has 1 heterocycles. The maximum atomic E-state index is 8.87. The van der Waals surface area contributed by atoms with Gasteiger partial charge in [0.15, 0.2) is 0 Å². The van der Waals surface area contributed by atoms with E-state index in [2.05, 4.69) is 28.7 Å². The first-order valence-corrected chi connectivity index (χ1v) is 5.87. The second kappa shape index (κ2) is 6.16. The second-order valence-corrected chi connectivity index (χ2v) is 3.87. The molecule has 1 rings (SSSR count). The number of nitriles is 1. The lowest BCUT2D eigenvalue weighted by Crippen LogP contribution is -2.26.